The SMILES string of the molecule is COC[C@H](N[C@H](/C=C/S(=O)(=O)c1ccc(C)cc1)c1ccccc1)c1ccccc1. The molecule has 0 radical (unpaired) electrons. The lowest BCUT2D eigenvalue weighted by molar-refractivity contribution is 0.163. The Morgan fingerprint density at radius 2 is 1.43 bits per heavy atom. The quantitative estimate of drug-likeness (QED) is 0.528. The van der Waals surface area contributed by atoms with E-state index in [0.29, 0.717) is 6.61 Å². The molecular weight excluding hydrogens is 394 g/mol. The Morgan fingerprint density at radius 1 is 0.867 bits per heavy atom. The van der Waals surface area contributed by atoms with E-state index in [-0.39, 0.29) is 17.0 Å². The average molecular weight is 422 g/mol. The topological polar surface area (TPSA) is 55.4 Å². The predicted octanol–water partition coefficient (Wildman–Crippen LogP) is 5.00. The van der Waals surface area contributed by atoms with Gasteiger partial charge in [0.2, 0.25) is 0 Å². The van der Waals surface area contributed by atoms with E-state index in [1.165, 1.54) is 5.41 Å². The van der Waals surface area contributed by atoms with Gasteiger partial charge in [-0.05, 0) is 30.2 Å². The van der Waals surface area contributed by atoms with Gasteiger partial charge in [0.25, 0.3) is 0 Å². The van der Waals surface area contributed by atoms with Crippen molar-refractivity contribution in [2.75, 3.05) is 13.7 Å². The van der Waals surface area contributed by atoms with Crippen LogP contribution in [0.1, 0.15) is 28.8 Å². The first-order chi connectivity index (χ1) is 14.5. The summed E-state index contributed by atoms with van der Waals surface area (Å²) in [6.07, 6.45) is 1.70. The molecule has 0 spiro atoms. The second kappa shape index (κ2) is 10.3. The van der Waals surface area contributed by atoms with Crippen LogP contribution in [0, 0.1) is 6.92 Å². The molecule has 0 unspecified atom stereocenters. The molecule has 0 aliphatic carbocycles. The molecular formula is C25H27NO3S. The fraction of sp³-hybridized carbons (Fsp3) is 0.200. The van der Waals surface area contributed by atoms with Crippen molar-refractivity contribution < 1.29 is 13.2 Å². The molecule has 3 rings (SSSR count). The fourth-order valence-corrected chi connectivity index (χ4v) is 4.26. The first kappa shape index (κ1) is 22.0. The molecule has 0 bridgehead atoms. The van der Waals surface area contributed by atoms with E-state index in [0.717, 1.165) is 16.7 Å². The Morgan fingerprint density at radius 3 is 2.00 bits per heavy atom. The molecule has 0 fully saturated rings. The number of hydrogen-bond acceptors (Lipinski definition) is 4. The van der Waals surface area contributed by atoms with Crippen LogP contribution in [0.2, 0.25) is 0 Å². The molecule has 0 aromatic heterocycles. The van der Waals surface area contributed by atoms with Crippen LogP contribution in [0.25, 0.3) is 0 Å². The molecule has 0 aliphatic rings. The Hall–Kier alpha value is -2.73. The maximum Gasteiger partial charge on any atom is 0.199 e. The van der Waals surface area contributed by atoms with Gasteiger partial charge in [-0.2, -0.15) is 0 Å². The zero-order valence-corrected chi connectivity index (χ0v) is 18.0. The number of aryl methyl sites for hydroxylation is 1. The number of sulfone groups is 1. The van der Waals surface area contributed by atoms with E-state index in [2.05, 4.69) is 5.32 Å². The van der Waals surface area contributed by atoms with E-state index < -0.39 is 9.84 Å². The third kappa shape index (κ3) is 5.89. The Balaban J connectivity index is 1.91. The summed E-state index contributed by atoms with van der Waals surface area (Å²) in [6.45, 7) is 2.40. The van der Waals surface area contributed by atoms with Crippen LogP contribution in [0.5, 0.6) is 0 Å². The smallest absolute Gasteiger partial charge is 0.199 e. The summed E-state index contributed by atoms with van der Waals surface area (Å²) in [5.41, 5.74) is 3.08. The van der Waals surface area contributed by atoms with Crippen molar-refractivity contribution in [2.24, 2.45) is 0 Å². The lowest BCUT2D eigenvalue weighted by Gasteiger charge is -2.24. The Kier molecular flexibility index (Phi) is 7.57. The highest BCUT2D eigenvalue weighted by Gasteiger charge is 2.18. The van der Waals surface area contributed by atoms with Crippen LogP contribution in [-0.4, -0.2) is 22.1 Å². The second-order valence-electron chi connectivity index (χ2n) is 7.16. The van der Waals surface area contributed by atoms with Gasteiger partial charge in [-0.1, -0.05) is 84.4 Å². The van der Waals surface area contributed by atoms with Crippen LogP contribution in [0.4, 0.5) is 0 Å². The van der Waals surface area contributed by atoms with E-state index >= 15 is 0 Å². The van der Waals surface area contributed by atoms with Gasteiger partial charge in [-0.25, -0.2) is 8.42 Å². The molecule has 1 N–H and O–H groups in total. The summed E-state index contributed by atoms with van der Waals surface area (Å²) in [4.78, 5) is 0.285. The zero-order valence-electron chi connectivity index (χ0n) is 17.2. The van der Waals surface area contributed by atoms with Crippen molar-refractivity contribution in [3.8, 4) is 0 Å². The Bertz CT molecular complexity index is 1050. The molecule has 0 heterocycles. The van der Waals surface area contributed by atoms with Gasteiger partial charge >= 0.3 is 0 Å². The van der Waals surface area contributed by atoms with Crippen molar-refractivity contribution >= 4 is 9.84 Å². The molecule has 4 nitrogen and oxygen atoms in total. The van der Waals surface area contributed by atoms with Crippen molar-refractivity contribution in [1.29, 1.82) is 0 Å². The molecule has 5 heteroatoms. The van der Waals surface area contributed by atoms with Crippen LogP contribution >= 0.6 is 0 Å². The predicted molar refractivity (Wildman–Crippen MR) is 121 cm³/mol. The highest BCUT2D eigenvalue weighted by molar-refractivity contribution is 7.94. The van der Waals surface area contributed by atoms with E-state index in [1.54, 1.807) is 37.5 Å². The van der Waals surface area contributed by atoms with E-state index in [4.69, 9.17) is 4.74 Å². The monoisotopic (exact) mass is 421 g/mol. The largest absolute Gasteiger partial charge is 0.383 e. The second-order valence-corrected chi connectivity index (χ2v) is 8.99. The van der Waals surface area contributed by atoms with Crippen LogP contribution < -0.4 is 5.32 Å². The van der Waals surface area contributed by atoms with E-state index in [1.807, 2.05) is 67.6 Å². The maximum atomic E-state index is 12.8. The number of methoxy groups -OCH3 is 1. The lowest BCUT2D eigenvalue weighted by Crippen LogP contribution is -2.28. The van der Waals surface area contributed by atoms with Gasteiger partial charge in [-0.15, -0.1) is 0 Å². The molecule has 30 heavy (non-hydrogen) atoms. The number of hydrogen-bond donors (Lipinski definition) is 1. The van der Waals surface area contributed by atoms with Crippen molar-refractivity contribution in [3.63, 3.8) is 0 Å². The molecule has 0 amide bonds. The van der Waals surface area contributed by atoms with Crippen LogP contribution in [0.3, 0.4) is 0 Å². The number of benzene rings is 3. The highest BCUT2D eigenvalue weighted by Crippen LogP contribution is 2.23. The highest BCUT2D eigenvalue weighted by atomic mass is 32.2. The third-order valence-corrected chi connectivity index (χ3v) is 6.32. The number of ether oxygens (including phenoxy) is 1. The van der Waals surface area contributed by atoms with Gasteiger partial charge in [0.15, 0.2) is 9.84 Å². The summed E-state index contributed by atoms with van der Waals surface area (Å²) in [5.74, 6) is 0. The van der Waals surface area contributed by atoms with Gasteiger partial charge in [0.1, 0.15) is 0 Å². The fourth-order valence-electron chi connectivity index (χ4n) is 3.22. The molecule has 3 aromatic rings. The summed E-state index contributed by atoms with van der Waals surface area (Å²) in [6, 6.07) is 26.3. The first-order valence-electron chi connectivity index (χ1n) is 9.84. The Labute approximate surface area is 179 Å². The molecule has 156 valence electrons. The summed E-state index contributed by atoms with van der Waals surface area (Å²) in [5, 5.41) is 4.83. The first-order valence-corrected chi connectivity index (χ1v) is 11.4. The summed E-state index contributed by atoms with van der Waals surface area (Å²) >= 11 is 0. The van der Waals surface area contributed by atoms with Gasteiger partial charge in [-0.3, -0.25) is 5.32 Å². The van der Waals surface area contributed by atoms with Gasteiger partial charge in [0.05, 0.1) is 23.6 Å². The summed E-state index contributed by atoms with van der Waals surface area (Å²) in [7, 11) is -1.89. The lowest BCUT2D eigenvalue weighted by atomic mass is 10.0. The third-order valence-electron chi connectivity index (χ3n) is 4.87. The van der Waals surface area contributed by atoms with Crippen molar-refractivity contribution in [3.05, 3.63) is 113 Å². The molecule has 0 saturated carbocycles. The van der Waals surface area contributed by atoms with Gasteiger partial charge < -0.3 is 4.74 Å². The zero-order chi connectivity index (χ0) is 21.4. The number of rotatable bonds is 9. The molecule has 2 atom stereocenters. The summed E-state index contributed by atoms with van der Waals surface area (Å²) < 4.78 is 31.1. The van der Waals surface area contributed by atoms with Crippen molar-refractivity contribution in [1.82, 2.24) is 5.32 Å². The molecule has 0 aliphatic heterocycles. The minimum atomic E-state index is -3.54. The molecule has 3 aromatic carbocycles. The average Bonchev–Trinajstić information content (AvgIpc) is 2.77. The maximum absolute atomic E-state index is 12.8. The van der Waals surface area contributed by atoms with Crippen molar-refractivity contribution in [2.45, 2.75) is 23.9 Å². The van der Waals surface area contributed by atoms with Crippen LogP contribution in [0.15, 0.2) is 101 Å². The minimum Gasteiger partial charge on any atom is -0.383 e. The minimum absolute atomic E-state index is 0.0897. The van der Waals surface area contributed by atoms with E-state index in [9.17, 15) is 8.42 Å². The molecule has 0 saturated heterocycles. The standard InChI is InChI=1S/C25H27NO3S/c1-20-13-15-23(16-14-20)30(27,28)18-17-24(21-9-5-3-6-10-21)26-25(19-29-2)22-11-7-4-8-12-22/h3-18,24-26H,19H2,1-2H3/b18-17+/t24-,25+/m1/s1. The normalized spacial score (nSPS) is 13.9. The van der Waals surface area contributed by atoms with Gasteiger partial charge in [0, 0.05) is 12.5 Å². The van der Waals surface area contributed by atoms with Crippen LogP contribution in [-0.2, 0) is 14.6 Å². The number of nitrogens with one attached hydrogen (secondary N) is 1.